The standard InChI is InChI=1S/C9H15N2.HI/c1-3-4-5-9-8-11(2)7-6-10-9;/h6-8H,3-5H2,1-2H3;1H/q+1;/p-1. The van der Waals surface area contributed by atoms with Crippen molar-refractivity contribution in [1.82, 2.24) is 4.98 Å². The fourth-order valence-corrected chi connectivity index (χ4v) is 1.03. The number of aromatic nitrogens is 2. The molecule has 1 heterocycles. The lowest BCUT2D eigenvalue weighted by atomic mass is 10.2. The van der Waals surface area contributed by atoms with Gasteiger partial charge in [0, 0.05) is 0 Å². The average molecular weight is 278 g/mol. The molecule has 0 saturated carbocycles. The van der Waals surface area contributed by atoms with E-state index in [1.165, 1.54) is 18.5 Å². The van der Waals surface area contributed by atoms with Crippen LogP contribution in [-0.2, 0) is 13.5 Å². The number of aryl methyl sites for hydroxylation is 2. The molecule has 0 bridgehead atoms. The second kappa shape index (κ2) is 6.34. The van der Waals surface area contributed by atoms with Gasteiger partial charge in [-0.05, 0) is 12.8 Å². The molecule has 68 valence electrons. The topological polar surface area (TPSA) is 16.8 Å². The van der Waals surface area contributed by atoms with E-state index in [4.69, 9.17) is 0 Å². The molecular formula is C9H15IN2. The van der Waals surface area contributed by atoms with Crippen LogP contribution in [-0.4, -0.2) is 4.98 Å². The maximum atomic E-state index is 4.26. The molecule has 12 heavy (non-hydrogen) atoms. The van der Waals surface area contributed by atoms with E-state index in [-0.39, 0.29) is 24.0 Å². The van der Waals surface area contributed by atoms with Gasteiger partial charge in [0.1, 0.15) is 12.7 Å². The van der Waals surface area contributed by atoms with E-state index in [2.05, 4.69) is 18.1 Å². The molecule has 0 atom stereocenters. The van der Waals surface area contributed by atoms with Crippen LogP contribution >= 0.6 is 0 Å². The summed E-state index contributed by atoms with van der Waals surface area (Å²) in [6, 6.07) is 0. The lowest BCUT2D eigenvalue weighted by molar-refractivity contribution is -0.672. The monoisotopic (exact) mass is 278 g/mol. The number of halogens is 1. The molecule has 0 N–H and O–H groups in total. The van der Waals surface area contributed by atoms with Gasteiger partial charge in [-0.1, -0.05) is 13.3 Å². The Balaban J connectivity index is 0.00000121. The molecule has 0 aliphatic carbocycles. The molecule has 0 amide bonds. The summed E-state index contributed by atoms with van der Waals surface area (Å²) < 4.78 is 2.04. The Morgan fingerprint density at radius 1 is 1.50 bits per heavy atom. The SMILES string of the molecule is CCCCc1c[n+](C)ccn1.[I-]. The fraction of sp³-hybridized carbons (Fsp3) is 0.556. The molecule has 0 aromatic carbocycles. The third kappa shape index (κ3) is 3.99. The van der Waals surface area contributed by atoms with Crippen LogP contribution in [0.15, 0.2) is 18.6 Å². The van der Waals surface area contributed by atoms with Crippen molar-refractivity contribution in [3.8, 4) is 0 Å². The van der Waals surface area contributed by atoms with Crippen molar-refractivity contribution >= 4 is 0 Å². The Kier molecular flexibility index (Phi) is 6.24. The van der Waals surface area contributed by atoms with Crippen LogP contribution in [0.25, 0.3) is 0 Å². The van der Waals surface area contributed by atoms with Crippen LogP contribution in [0.2, 0.25) is 0 Å². The number of nitrogens with zero attached hydrogens (tertiary/aromatic N) is 2. The predicted octanol–water partition coefficient (Wildman–Crippen LogP) is -1.75. The molecule has 1 rings (SSSR count). The minimum absolute atomic E-state index is 0. The Hall–Kier alpha value is -0.190. The van der Waals surface area contributed by atoms with Gasteiger partial charge in [0.05, 0.1) is 6.20 Å². The van der Waals surface area contributed by atoms with Gasteiger partial charge < -0.3 is 24.0 Å². The van der Waals surface area contributed by atoms with Gasteiger partial charge in [-0.2, -0.15) is 0 Å². The molecule has 1 aromatic heterocycles. The summed E-state index contributed by atoms with van der Waals surface area (Å²) in [7, 11) is 2.02. The van der Waals surface area contributed by atoms with E-state index in [1.54, 1.807) is 0 Å². The van der Waals surface area contributed by atoms with E-state index in [1.807, 2.05) is 24.0 Å². The Morgan fingerprint density at radius 2 is 2.25 bits per heavy atom. The molecule has 0 unspecified atom stereocenters. The van der Waals surface area contributed by atoms with Gasteiger partial charge in [0.2, 0.25) is 0 Å². The zero-order chi connectivity index (χ0) is 8.10. The fourth-order valence-electron chi connectivity index (χ4n) is 1.03. The lowest BCUT2D eigenvalue weighted by Gasteiger charge is -1.94. The van der Waals surface area contributed by atoms with Crippen molar-refractivity contribution in [2.45, 2.75) is 26.2 Å². The quantitative estimate of drug-likeness (QED) is 0.473. The summed E-state index contributed by atoms with van der Waals surface area (Å²) in [6.07, 6.45) is 9.46. The highest BCUT2D eigenvalue weighted by atomic mass is 127. The van der Waals surface area contributed by atoms with E-state index < -0.39 is 0 Å². The zero-order valence-electron chi connectivity index (χ0n) is 7.63. The Labute approximate surface area is 91.0 Å². The van der Waals surface area contributed by atoms with Gasteiger partial charge in [-0.25, -0.2) is 9.55 Å². The smallest absolute Gasteiger partial charge is 0.190 e. The summed E-state index contributed by atoms with van der Waals surface area (Å²) in [4.78, 5) is 4.26. The summed E-state index contributed by atoms with van der Waals surface area (Å²) >= 11 is 0. The number of hydrogen-bond donors (Lipinski definition) is 0. The van der Waals surface area contributed by atoms with Crippen LogP contribution in [0.4, 0.5) is 0 Å². The molecule has 0 spiro atoms. The van der Waals surface area contributed by atoms with E-state index in [9.17, 15) is 0 Å². The highest BCUT2D eigenvalue weighted by Gasteiger charge is 1.97. The van der Waals surface area contributed by atoms with Crippen LogP contribution in [0.3, 0.4) is 0 Å². The van der Waals surface area contributed by atoms with Crippen LogP contribution in [0, 0.1) is 0 Å². The molecule has 0 saturated heterocycles. The highest BCUT2D eigenvalue weighted by molar-refractivity contribution is 4.89. The Bertz CT molecular complexity index is 226. The van der Waals surface area contributed by atoms with Crippen LogP contribution in [0.5, 0.6) is 0 Å². The lowest BCUT2D eigenvalue weighted by Crippen LogP contribution is -3.00. The highest BCUT2D eigenvalue weighted by Crippen LogP contribution is 1.97. The third-order valence-corrected chi connectivity index (χ3v) is 1.68. The first-order valence-corrected chi connectivity index (χ1v) is 4.13. The number of unbranched alkanes of at least 4 members (excludes halogenated alkanes) is 1. The molecule has 3 heteroatoms. The van der Waals surface area contributed by atoms with Crippen molar-refractivity contribution in [3.05, 3.63) is 24.3 Å². The first-order valence-electron chi connectivity index (χ1n) is 4.13. The summed E-state index contributed by atoms with van der Waals surface area (Å²) in [6.45, 7) is 2.20. The average Bonchev–Trinajstić information content (AvgIpc) is 2.01. The molecule has 0 fully saturated rings. The first kappa shape index (κ1) is 11.8. The summed E-state index contributed by atoms with van der Waals surface area (Å²) in [5.41, 5.74) is 1.19. The van der Waals surface area contributed by atoms with Gasteiger partial charge in [-0.15, -0.1) is 0 Å². The molecule has 2 nitrogen and oxygen atoms in total. The largest absolute Gasteiger partial charge is 1.00 e. The van der Waals surface area contributed by atoms with Crippen molar-refractivity contribution in [1.29, 1.82) is 0 Å². The van der Waals surface area contributed by atoms with Crippen molar-refractivity contribution in [2.75, 3.05) is 0 Å². The summed E-state index contributed by atoms with van der Waals surface area (Å²) in [5, 5.41) is 0. The second-order valence-corrected chi connectivity index (χ2v) is 2.82. The van der Waals surface area contributed by atoms with Crippen molar-refractivity contribution < 1.29 is 28.5 Å². The molecule has 1 aromatic rings. The van der Waals surface area contributed by atoms with Gasteiger partial charge in [0.25, 0.3) is 0 Å². The number of rotatable bonds is 3. The van der Waals surface area contributed by atoms with Crippen LogP contribution in [0.1, 0.15) is 25.5 Å². The van der Waals surface area contributed by atoms with Gasteiger partial charge >= 0.3 is 0 Å². The molecule has 0 radical (unpaired) electrons. The van der Waals surface area contributed by atoms with E-state index in [0.29, 0.717) is 0 Å². The number of hydrogen-bond acceptors (Lipinski definition) is 1. The van der Waals surface area contributed by atoms with Gasteiger partial charge in [-0.3, -0.25) is 0 Å². The van der Waals surface area contributed by atoms with Crippen molar-refractivity contribution in [2.24, 2.45) is 7.05 Å². The minimum Gasteiger partial charge on any atom is -1.00 e. The molecule has 0 aliphatic rings. The maximum Gasteiger partial charge on any atom is 0.190 e. The van der Waals surface area contributed by atoms with Gasteiger partial charge in [0.15, 0.2) is 12.4 Å². The van der Waals surface area contributed by atoms with Crippen LogP contribution < -0.4 is 28.5 Å². The second-order valence-electron chi connectivity index (χ2n) is 2.82. The van der Waals surface area contributed by atoms with E-state index in [0.717, 1.165) is 6.42 Å². The molecular weight excluding hydrogens is 263 g/mol. The predicted molar refractivity (Wildman–Crippen MR) is 44.0 cm³/mol. The minimum atomic E-state index is 0. The maximum absolute atomic E-state index is 4.26. The molecule has 0 aliphatic heterocycles. The Morgan fingerprint density at radius 3 is 2.83 bits per heavy atom. The zero-order valence-corrected chi connectivity index (χ0v) is 9.78. The summed E-state index contributed by atoms with van der Waals surface area (Å²) in [5.74, 6) is 0. The van der Waals surface area contributed by atoms with Crippen molar-refractivity contribution in [3.63, 3.8) is 0 Å². The normalized spacial score (nSPS) is 9.17. The van der Waals surface area contributed by atoms with E-state index >= 15 is 0 Å². The third-order valence-electron chi connectivity index (χ3n) is 1.68. The first-order chi connectivity index (χ1) is 5.33.